The van der Waals surface area contributed by atoms with Gasteiger partial charge in [-0.1, -0.05) is 30.2 Å². The van der Waals surface area contributed by atoms with Crippen molar-refractivity contribution >= 4 is 38.6 Å². The Kier molecular flexibility index (Phi) is 4.95. The zero-order chi connectivity index (χ0) is 23.2. The van der Waals surface area contributed by atoms with Crippen LogP contribution in [0, 0.1) is 6.92 Å². The van der Waals surface area contributed by atoms with Crippen molar-refractivity contribution < 1.29 is 0 Å². The Labute approximate surface area is 200 Å². The molecule has 0 aliphatic carbocycles. The second-order valence-corrected chi connectivity index (χ2v) is 10.2. The molecule has 0 fully saturated rings. The molecule has 0 saturated heterocycles. The number of anilines is 1. The number of hydrogen-bond donors (Lipinski definition) is 3. The van der Waals surface area contributed by atoms with Gasteiger partial charge in [0.15, 0.2) is 11.6 Å². The molecule has 6 rings (SSSR count). The van der Waals surface area contributed by atoms with E-state index in [1.807, 2.05) is 32.4 Å². The van der Waals surface area contributed by atoms with Crippen LogP contribution in [0.15, 0.2) is 65.9 Å². The van der Waals surface area contributed by atoms with E-state index in [9.17, 15) is 0 Å². The van der Waals surface area contributed by atoms with E-state index in [0.717, 1.165) is 68.8 Å². The molecule has 7 nitrogen and oxygen atoms in total. The molecule has 34 heavy (non-hydrogen) atoms. The van der Waals surface area contributed by atoms with Gasteiger partial charge in [-0.2, -0.15) is 15.6 Å². The molecule has 3 N–H and O–H groups in total. The lowest BCUT2D eigenvalue weighted by molar-refractivity contribution is 0.865. The summed E-state index contributed by atoms with van der Waals surface area (Å²) in [6.07, 6.45) is 13.4. The van der Waals surface area contributed by atoms with Gasteiger partial charge in [-0.3, -0.25) is 5.10 Å². The minimum absolute atomic E-state index is 0.00293. The van der Waals surface area contributed by atoms with Gasteiger partial charge in [0, 0.05) is 29.8 Å². The van der Waals surface area contributed by atoms with Crippen molar-refractivity contribution in [1.29, 1.82) is 0 Å². The summed E-state index contributed by atoms with van der Waals surface area (Å²) in [5.74, 6) is 7.87. The van der Waals surface area contributed by atoms with Gasteiger partial charge in [0.2, 0.25) is 0 Å². The molecule has 1 atom stereocenters. The Bertz CT molecular complexity index is 1570. The molecule has 1 aromatic carbocycles. The zero-order valence-corrected chi connectivity index (χ0v) is 19.9. The third-order valence-corrected chi connectivity index (χ3v) is 7.65. The summed E-state index contributed by atoms with van der Waals surface area (Å²) in [6, 6.07) is 6.29. The van der Waals surface area contributed by atoms with Gasteiger partial charge in [0.25, 0.3) is 0 Å². The zero-order valence-electron chi connectivity index (χ0n) is 19.1. The highest BCUT2D eigenvalue weighted by molar-refractivity contribution is 8.16. The summed E-state index contributed by atoms with van der Waals surface area (Å²) in [6.45, 7) is 2.00. The molecule has 3 aromatic heterocycles. The molecule has 0 amide bonds. The highest BCUT2D eigenvalue weighted by Gasteiger charge is 2.21. The van der Waals surface area contributed by atoms with Crippen LogP contribution in [0.4, 0.5) is 5.82 Å². The maximum Gasteiger partial charge on any atom is 0.161 e. The number of fused-ring (bicyclic) bond motifs is 2. The molecule has 0 bridgehead atoms. The highest BCUT2D eigenvalue weighted by atomic mass is 32.2. The maximum atomic E-state index is 4.89. The standard InChI is InChI=1S/C26H25N7S/c1-16-28-14-22(33(16)2)17-9-10-21-20(13-17)24(32-31-21)26-29-23-19(8-6-11-27-25(23)30-26)18-7-4-5-12-34(3)15-18/h4,6-11,13-15,27H,3,5,12H2,1-2H3,(H,29,30)(H,31,32). The Morgan fingerprint density at radius 2 is 2.15 bits per heavy atom. The van der Waals surface area contributed by atoms with E-state index in [0.29, 0.717) is 0 Å². The Morgan fingerprint density at radius 3 is 3.00 bits per heavy atom. The van der Waals surface area contributed by atoms with E-state index in [1.54, 1.807) is 0 Å². The van der Waals surface area contributed by atoms with E-state index in [4.69, 9.17) is 4.98 Å². The molecular formula is C26H25N7S. The van der Waals surface area contributed by atoms with Gasteiger partial charge in [-0.25, -0.2) is 9.97 Å². The van der Waals surface area contributed by atoms with Crippen LogP contribution in [-0.2, 0) is 7.05 Å². The second-order valence-electron chi connectivity index (χ2n) is 8.48. The van der Waals surface area contributed by atoms with Crippen molar-refractivity contribution in [3.05, 3.63) is 77.4 Å². The lowest BCUT2D eigenvalue weighted by Crippen LogP contribution is -1.94. The van der Waals surface area contributed by atoms with Crippen molar-refractivity contribution in [1.82, 2.24) is 29.7 Å². The first-order valence-electron chi connectivity index (χ1n) is 11.2. The van der Waals surface area contributed by atoms with Gasteiger partial charge in [-0.05, 0) is 48.3 Å². The first kappa shape index (κ1) is 20.7. The fourth-order valence-corrected chi connectivity index (χ4v) is 5.49. The minimum atomic E-state index is -0.00293. The number of H-pyrrole nitrogens is 2. The van der Waals surface area contributed by atoms with Crippen LogP contribution in [0.5, 0.6) is 0 Å². The van der Waals surface area contributed by atoms with Gasteiger partial charge in [0.1, 0.15) is 11.5 Å². The molecule has 2 aliphatic heterocycles. The predicted octanol–water partition coefficient (Wildman–Crippen LogP) is 5.53. The topological polar surface area (TPSA) is 87.2 Å². The summed E-state index contributed by atoms with van der Waals surface area (Å²) in [5, 5.41) is 14.4. The van der Waals surface area contributed by atoms with E-state index >= 15 is 0 Å². The molecule has 5 heterocycles. The Hall–Kier alpha value is -3.91. The molecule has 2 aliphatic rings. The third kappa shape index (κ3) is 3.47. The van der Waals surface area contributed by atoms with Crippen LogP contribution >= 0.6 is 10.5 Å². The summed E-state index contributed by atoms with van der Waals surface area (Å²) in [7, 11) is 2.03. The van der Waals surface area contributed by atoms with Gasteiger partial charge < -0.3 is 14.9 Å². The number of aryl methyl sites for hydroxylation is 1. The molecule has 0 saturated carbocycles. The van der Waals surface area contributed by atoms with Crippen LogP contribution < -0.4 is 5.32 Å². The van der Waals surface area contributed by atoms with Crippen LogP contribution in [0.2, 0.25) is 0 Å². The largest absolute Gasteiger partial charge is 0.345 e. The monoisotopic (exact) mass is 467 g/mol. The fourth-order valence-electron chi connectivity index (χ4n) is 4.36. The summed E-state index contributed by atoms with van der Waals surface area (Å²) in [4.78, 5) is 12.9. The normalized spacial score (nSPS) is 17.6. The number of benzene rings is 1. The Morgan fingerprint density at radius 1 is 1.24 bits per heavy atom. The molecule has 0 radical (unpaired) electrons. The molecule has 1 unspecified atom stereocenters. The number of imidazole rings is 2. The number of nitrogens with zero attached hydrogens (tertiary/aromatic N) is 4. The van der Waals surface area contributed by atoms with Crippen LogP contribution in [-0.4, -0.2) is 41.3 Å². The van der Waals surface area contributed by atoms with Gasteiger partial charge >= 0.3 is 0 Å². The number of allylic oxidation sites excluding steroid dienone is 6. The smallest absolute Gasteiger partial charge is 0.161 e. The van der Waals surface area contributed by atoms with Crippen molar-refractivity contribution in [3.63, 3.8) is 0 Å². The third-order valence-electron chi connectivity index (χ3n) is 6.30. The summed E-state index contributed by atoms with van der Waals surface area (Å²) >= 11 is 0. The van der Waals surface area contributed by atoms with E-state index in [1.165, 1.54) is 5.57 Å². The number of rotatable bonds is 3. The summed E-state index contributed by atoms with van der Waals surface area (Å²) < 4.78 is 2.09. The first-order chi connectivity index (χ1) is 16.6. The summed E-state index contributed by atoms with van der Waals surface area (Å²) in [5.41, 5.74) is 7.12. The number of aromatic nitrogens is 6. The maximum absolute atomic E-state index is 4.89. The van der Waals surface area contributed by atoms with Crippen molar-refractivity contribution in [2.45, 2.75) is 13.3 Å². The Balaban J connectivity index is 1.46. The molecular weight excluding hydrogens is 442 g/mol. The lowest BCUT2D eigenvalue weighted by atomic mass is 10.0. The minimum Gasteiger partial charge on any atom is -0.345 e. The van der Waals surface area contributed by atoms with Gasteiger partial charge in [-0.15, -0.1) is 0 Å². The van der Waals surface area contributed by atoms with Crippen molar-refractivity contribution in [3.8, 4) is 22.8 Å². The van der Waals surface area contributed by atoms with Crippen LogP contribution in [0.3, 0.4) is 0 Å². The number of hydrogen-bond acceptors (Lipinski definition) is 4. The van der Waals surface area contributed by atoms with Crippen molar-refractivity contribution in [2.24, 2.45) is 7.05 Å². The number of aromatic amines is 2. The van der Waals surface area contributed by atoms with E-state index < -0.39 is 0 Å². The second kappa shape index (κ2) is 8.14. The SMILES string of the molecule is C=S1C=C(C2=CC=CNc3nc(-c4n[nH]c5ccc(-c6cnc(C)n6C)cc45)[nH]c32)C=CCC1. The number of nitrogens with one attached hydrogen (secondary N) is 3. The molecule has 170 valence electrons. The average Bonchev–Trinajstić information content (AvgIpc) is 3.44. The van der Waals surface area contributed by atoms with E-state index in [-0.39, 0.29) is 10.5 Å². The fraction of sp³-hybridized carbons (Fsp3) is 0.154. The van der Waals surface area contributed by atoms with E-state index in [2.05, 4.69) is 77.8 Å². The molecule has 4 aromatic rings. The van der Waals surface area contributed by atoms with Gasteiger partial charge in [0.05, 0.1) is 23.1 Å². The quantitative estimate of drug-likeness (QED) is 0.346. The first-order valence-corrected chi connectivity index (χ1v) is 12.8. The van der Waals surface area contributed by atoms with Crippen molar-refractivity contribution in [2.75, 3.05) is 11.1 Å². The predicted molar refractivity (Wildman–Crippen MR) is 143 cm³/mol. The molecule has 8 heteroatoms. The van der Waals surface area contributed by atoms with Crippen LogP contribution in [0.25, 0.3) is 39.3 Å². The molecule has 0 spiro atoms. The lowest BCUT2D eigenvalue weighted by Gasteiger charge is -2.07. The average molecular weight is 468 g/mol. The highest BCUT2D eigenvalue weighted by Crippen LogP contribution is 2.37. The van der Waals surface area contributed by atoms with Crippen LogP contribution in [0.1, 0.15) is 17.9 Å².